The molecular weight excluding hydrogens is 479 g/mol. The van der Waals surface area contributed by atoms with E-state index < -0.39 is 17.7 Å². The molecule has 0 fully saturated rings. The number of hydrogen-bond donors (Lipinski definition) is 2. The number of nitrogens with one attached hydrogen (secondary N) is 2. The molecule has 4 aromatic carbocycles. The van der Waals surface area contributed by atoms with Gasteiger partial charge in [-0.25, -0.2) is 9.18 Å². The number of rotatable bonds is 4. The van der Waals surface area contributed by atoms with Crippen LogP contribution in [0.3, 0.4) is 0 Å². The van der Waals surface area contributed by atoms with Crippen molar-refractivity contribution in [3.05, 3.63) is 107 Å². The Bertz CT molecular complexity index is 1540. The third-order valence-corrected chi connectivity index (χ3v) is 6.81. The molecule has 0 spiro atoms. The molecule has 2 N–H and O–H groups in total. The van der Waals surface area contributed by atoms with Crippen molar-refractivity contribution in [3.63, 3.8) is 0 Å². The number of anilines is 2. The number of carbonyl (C=O) groups excluding carboxylic acids is 3. The minimum atomic E-state index is -0.494. The molecule has 0 aliphatic carbocycles. The van der Waals surface area contributed by atoms with Crippen molar-refractivity contribution in [3.8, 4) is 11.1 Å². The van der Waals surface area contributed by atoms with E-state index >= 15 is 0 Å². The van der Waals surface area contributed by atoms with Crippen molar-refractivity contribution >= 4 is 40.9 Å². The van der Waals surface area contributed by atoms with Gasteiger partial charge in [0.15, 0.2) is 0 Å². The average Bonchev–Trinajstić information content (AvgIpc) is 3.03. The maximum absolute atomic E-state index is 13.7. The summed E-state index contributed by atoms with van der Waals surface area (Å²) in [5.41, 5.74) is 3.43. The standard InChI is InChI=1S/C28H19FN2O4S/c1-35-28(34)21-8-3-2-7-20(21)16-5-4-6-19(13-16)30-26(32)17-9-11-25-23(14-17)31-27(33)22-15-18(29)10-12-24(22)36-25/h2-15H,1H3,(H,30,32)(H,31,33). The molecule has 1 aliphatic heterocycles. The molecule has 1 heterocycles. The summed E-state index contributed by atoms with van der Waals surface area (Å²) in [6, 6.07) is 23.3. The quantitative estimate of drug-likeness (QED) is 0.325. The molecule has 178 valence electrons. The van der Waals surface area contributed by atoms with Crippen LogP contribution in [0.2, 0.25) is 0 Å². The Hall–Kier alpha value is -4.43. The van der Waals surface area contributed by atoms with Crippen LogP contribution in [0.15, 0.2) is 94.7 Å². The molecule has 8 heteroatoms. The Morgan fingerprint density at radius 3 is 2.53 bits per heavy atom. The first-order valence-electron chi connectivity index (χ1n) is 10.9. The van der Waals surface area contributed by atoms with E-state index in [1.54, 1.807) is 54.6 Å². The second-order valence-electron chi connectivity index (χ2n) is 7.98. The van der Waals surface area contributed by atoms with Crippen LogP contribution in [0.25, 0.3) is 11.1 Å². The van der Waals surface area contributed by atoms with Crippen molar-refractivity contribution in [2.45, 2.75) is 9.79 Å². The van der Waals surface area contributed by atoms with E-state index in [9.17, 15) is 18.8 Å². The van der Waals surface area contributed by atoms with Gasteiger partial charge in [0.05, 0.1) is 23.9 Å². The Morgan fingerprint density at radius 1 is 0.889 bits per heavy atom. The number of carbonyl (C=O) groups is 3. The molecule has 5 rings (SSSR count). The Labute approximate surface area is 210 Å². The number of methoxy groups -OCH3 is 1. The Balaban J connectivity index is 1.40. The lowest BCUT2D eigenvalue weighted by Gasteiger charge is -2.12. The van der Waals surface area contributed by atoms with Gasteiger partial charge in [-0.1, -0.05) is 42.1 Å². The number of fused-ring (bicyclic) bond motifs is 2. The molecule has 0 saturated carbocycles. The average molecular weight is 499 g/mol. The number of esters is 1. The summed E-state index contributed by atoms with van der Waals surface area (Å²) in [5, 5.41) is 5.63. The normalized spacial score (nSPS) is 12.0. The summed E-state index contributed by atoms with van der Waals surface area (Å²) in [6.07, 6.45) is 0. The fourth-order valence-corrected chi connectivity index (χ4v) is 4.92. The van der Waals surface area contributed by atoms with E-state index in [2.05, 4.69) is 10.6 Å². The van der Waals surface area contributed by atoms with Crippen LogP contribution in [0.4, 0.5) is 15.8 Å². The van der Waals surface area contributed by atoms with Crippen LogP contribution >= 0.6 is 11.8 Å². The number of halogens is 1. The lowest BCUT2D eigenvalue weighted by atomic mass is 9.99. The maximum atomic E-state index is 13.7. The summed E-state index contributed by atoms with van der Waals surface area (Å²) in [4.78, 5) is 39.2. The second kappa shape index (κ2) is 9.67. The molecule has 0 aromatic heterocycles. The highest BCUT2D eigenvalue weighted by atomic mass is 32.2. The molecular formula is C28H19FN2O4S. The van der Waals surface area contributed by atoms with Gasteiger partial charge in [0.25, 0.3) is 11.8 Å². The van der Waals surface area contributed by atoms with Gasteiger partial charge >= 0.3 is 5.97 Å². The topological polar surface area (TPSA) is 84.5 Å². The minimum Gasteiger partial charge on any atom is -0.465 e. The molecule has 4 aromatic rings. The van der Waals surface area contributed by atoms with E-state index in [-0.39, 0.29) is 11.5 Å². The summed E-state index contributed by atoms with van der Waals surface area (Å²) >= 11 is 1.33. The number of benzene rings is 4. The smallest absolute Gasteiger partial charge is 0.338 e. The van der Waals surface area contributed by atoms with Gasteiger partial charge in [-0.15, -0.1) is 0 Å². The molecule has 0 saturated heterocycles. The van der Waals surface area contributed by atoms with Crippen LogP contribution in [-0.4, -0.2) is 24.9 Å². The highest BCUT2D eigenvalue weighted by Crippen LogP contribution is 2.39. The first kappa shape index (κ1) is 23.3. The zero-order valence-corrected chi connectivity index (χ0v) is 19.8. The largest absolute Gasteiger partial charge is 0.465 e. The van der Waals surface area contributed by atoms with Crippen LogP contribution < -0.4 is 10.6 Å². The molecule has 2 amide bonds. The maximum Gasteiger partial charge on any atom is 0.338 e. The zero-order chi connectivity index (χ0) is 25.2. The predicted molar refractivity (Wildman–Crippen MR) is 136 cm³/mol. The summed E-state index contributed by atoms with van der Waals surface area (Å²) in [7, 11) is 1.33. The van der Waals surface area contributed by atoms with Gasteiger partial charge in [0.2, 0.25) is 0 Å². The SMILES string of the molecule is COC(=O)c1ccccc1-c1cccc(NC(=O)c2ccc3c(c2)NC(=O)c2cc(F)ccc2S3)c1. The van der Waals surface area contributed by atoms with Gasteiger partial charge in [0, 0.05) is 21.0 Å². The van der Waals surface area contributed by atoms with Crippen molar-refractivity contribution < 1.29 is 23.5 Å². The molecule has 0 atom stereocenters. The molecule has 0 bridgehead atoms. The Kier molecular flexibility index (Phi) is 6.26. The lowest BCUT2D eigenvalue weighted by molar-refractivity contribution is 0.0601. The second-order valence-corrected chi connectivity index (χ2v) is 9.06. The van der Waals surface area contributed by atoms with Crippen molar-refractivity contribution in [2.75, 3.05) is 17.7 Å². The highest BCUT2D eigenvalue weighted by Gasteiger charge is 2.22. The first-order valence-corrected chi connectivity index (χ1v) is 11.8. The van der Waals surface area contributed by atoms with Gasteiger partial charge in [-0.05, 0) is 65.7 Å². The van der Waals surface area contributed by atoms with Gasteiger partial charge in [0.1, 0.15) is 5.82 Å². The van der Waals surface area contributed by atoms with E-state index in [1.165, 1.54) is 31.0 Å². The fourth-order valence-electron chi connectivity index (χ4n) is 3.93. The van der Waals surface area contributed by atoms with Crippen molar-refractivity contribution in [1.29, 1.82) is 0 Å². The Morgan fingerprint density at radius 2 is 1.69 bits per heavy atom. The van der Waals surface area contributed by atoms with Crippen LogP contribution in [0.1, 0.15) is 31.1 Å². The van der Waals surface area contributed by atoms with E-state index in [1.807, 2.05) is 18.2 Å². The van der Waals surface area contributed by atoms with Gasteiger partial charge in [-0.3, -0.25) is 9.59 Å². The van der Waals surface area contributed by atoms with E-state index in [4.69, 9.17) is 4.74 Å². The fraction of sp³-hybridized carbons (Fsp3) is 0.0357. The van der Waals surface area contributed by atoms with Crippen LogP contribution in [0, 0.1) is 5.82 Å². The van der Waals surface area contributed by atoms with Gasteiger partial charge in [-0.2, -0.15) is 0 Å². The van der Waals surface area contributed by atoms with Crippen molar-refractivity contribution in [2.24, 2.45) is 0 Å². The first-order chi connectivity index (χ1) is 17.4. The minimum absolute atomic E-state index is 0.242. The lowest BCUT2D eigenvalue weighted by Crippen LogP contribution is -2.14. The van der Waals surface area contributed by atoms with Crippen LogP contribution in [0.5, 0.6) is 0 Å². The third kappa shape index (κ3) is 4.58. The molecule has 0 radical (unpaired) electrons. The highest BCUT2D eigenvalue weighted by molar-refractivity contribution is 7.99. The number of hydrogen-bond acceptors (Lipinski definition) is 5. The molecule has 36 heavy (non-hydrogen) atoms. The van der Waals surface area contributed by atoms with E-state index in [0.29, 0.717) is 33.0 Å². The monoisotopic (exact) mass is 498 g/mol. The van der Waals surface area contributed by atoms with Gasteiger partial charge < -0.3 is 15.4 Å². The predicted octanol–water partition coefficient (Wildman–Crippen LogP) is 6.25. The van der Waals surface area contributed by atoms with Crippen molar-refractivity contribution in [1.82, 2.24) is 0 Å². The molecule has 6 nitrogen and oxygen atoms in total. The number of ether oxygens (including phenoxy) is 1. The summed E-state index contributed by atoms with van der Waals surface area (Å²) in [6.45, 7) is 0. The summed E-state index contributed by atoms with van der Waals surface area (Å²) < 4.78 is 18.5. The molecule has 0 unspecified atom stereocenters. The number of amides is 2. The third-order valence-electron chi connectivity index (χ3n) is 5.66. The summed E-state index contributed by atoms with van der Waals surface area (Å²) in [5.74, 6) is -1.75. The molecule has 1 aliphatic rings. The van der Waals surface area contributed by atoms with Crippen LogP contribution in [-0.2, 0) is 4.74 Å². The van der Waals surface area contributed by atoms with E-state index in [0.717, 1.165) is 10.5 Å². The zero-order valence-electron chi connectivity index (χ0n) is 19.0.